The monoisotopic (exact) mass is 166 g/mol. The third-order valence-corrected chi connectivity index (χ3v) is 1.85. The molecule has 1 saturated heterocycles. The molecule has 0 amide bonds. The zero-order valence-corrected chi connectivity index (χ0v) is 6.72. The lowest BCUT2D eigenvalue weighted by Gasteiger charge is -1.94. The van der Waals surface area contributed by atoms with Gasteiger partial charge in [0, 0.05) is 0 Å². The van der Waals surface area contributed by atoms with Crippen LogP contribution in [0.25, 0.3) is 0 Å². The Bertz CT molecular complexity index is 208. The zero-order chi connectivity index (χ0) is 7.78. The number of hydrogen-bond donors (Lipinski definition) is 0. The molecule has 0 spiro atoms. The Morgan fingerprint density at radius 1 is 1.60 bits per heavy atom. The van der Waals surface area contributed by atoms with Crippen LogP contribution in [0, 0.1) is 0 Å². The van der Waals surface area contributed by atoms with Crippen molar-refractivity contribution in [2.24, 2.45) is 0 Å². The van der Waals surface area contributed by atoms with E-state index in [1.165, 1.54) is 0 Å². The van der Waals surface area contributed by atoms with Crippen LogP contribution in [0.1, 0.15) is 6.92 Å². The molecule has 0 bridgehead atoms. The lowest BCUT2D eigenvalue weighted by molar-refractivity contribution is 0.266. The molecular weight excluding hydrogens is 156 g/mol. The topological polar surface area (TPSA) is 55.9 Å². The minimum absolute atomic E-state index is 0.0188. The van der Waals surface area contributed by atoms with Crippen LogP contribution in [0.5, 0.6) is 0 Å². The fourth-order valence-electron chi connectivity index (χ4n) is 0.596. The smallest absolute Gasteiger partial charge is 0.264 e. The number of rotatable bonds is 3. The van der Waals surface area contributed by atoms with E-state index in [0.29, 0.717) is 0 Å². The van der Waals surface area contributed by atoms with E-state index in [2.05, 4.69) is 4.18 Å². The highest BCUT2D eigenvalue weighted by atomic mass is 32.2. The van der Waals surface area contributed by atoms with E-state index in [9.17, 15) is 8.42 Å². The van der Waals surface area contributed by atoms with Crippen molar-refractivity contribution >= 4 is 10.1 Å². The normalized spacial score (nSPS) is 32.2. The second-order valence-electron chi connectivity index (χ2n) is 2.37. The van der Waals surface area contributed by atoms with Crippen molar-refractivity contribution in [3.8, 4) is 0 Å². The second kappa shape index (κ2) is 2.48. The molecule has 4 nitrogen and oxygen atoms in total. The first-order valence-corrected chi connectivity index (χ1v) is 4.80. The van der Waals surface area contributed by atoms with Crippen LogP contribution in [-0.2, 0) is 19.0 Å². The molecule has 2 unspecified atom stereocenters. The fraction of sp³-hybridized carbons (Fsp3) is 1.00. The lowest BCUT2D eigenvalue weighted by Crippen LogP contribution is -2.09. The number of epoxide rings is 1. The van der Waals surface area contributed by atoms with E-state index in [-0.39, 0.29) is 18.8 Å². The summed E-state index contributed by atoms with van der Waals surface area (Å²) < 4.78 is 30.2. The molecule has 1 fully saturated rings. The minimum Gasteiger partial charge on any atom is -0.367 e. The van der Waals surface area contributed by atoms with E-state index in [1.54, 1.807) is 0 Å². The van der Waals surface area contributed by atoms with Gasteiger partial charge in [0.1, 0.15) is 6.10 Å². The molecule has 0 aromatic carbocycles. The van der Waals surface area contributed by atoms with Gasteiger partial charge in [-0.05, 0) is 6.92 Å². The Labute approximate surface area is 60.3 Å². The summed E-state index contributed by atoms with van der Waals surface area (Å²) in [5.41, 5.74) is 0. The van der Waals surface area contributed by atoms with Crippen LogP contribution in [0.15, 0.2) is 0 Å². The van der Waals surface area contributed by atoms with Gasteiger partial charge in [-0.15, -0.1) is 0 Å². The summed E-state index contributed by atoms with van der Waals surface area (Å²) in [5.74, 6) is 0. The highest BCUT2D eigenvalue weighted by Gasteiger charge is 2.35. The molecule has 0 saturated carbocycles. The van der Waals surface area contributed by atoms with Gasteiger partial charge in [-0.3, -0.25) is 4.18 Å². The van der Waals surface area contributed by atoms with Crippen LogP contribution in [-0.4, -0.2) is 33.5 Å². The van der Waals surface area contributed by atoms with Crippen molar-refractivity contribution in [2.45, 2.75) is 19.1 Å². The average molecular weight is 166 g/mol. The Morgan fingerprint density at radius 3 is 2.40 bits per heavy atom. The fourth-order valence-corrected chi connectivity index (χ4v) is 0.977. The molecule has 1 aliphatic heterocycles. The zero-order valence-electron chi connectivity index (χ0n) is 5.90. The standard InChI is InChI=1S/C5H10O4S/c1-4-5(9-4)3-8-10(2,6)7/h4-5H,3H2,1-2H3. The van der Waals surface area contributed by atoms with Gasteiger partial charge in [-0.2, -0.15) is 8.42 Å². The van der Waals surface area contributed by atoms with Gasteiger partial charge in [0.15, 0.2) is 0 Å². The summed E-state index contributed by atoms with van der Waals surface area (Å²) in [6, 6.07) is 0. The highest BCUT2D eigenvalue weighted by Crippen LogP contribution is 2.21. The van der Waals surface area contributed by atoms with Gasteiger partial charge in [-0.25, -0.2) is 0 Å². The summed E-state index contributed by atoms with van der Waals surface area (Å²) in [6.45, 7) is 2.02. The van der Waals surface area contributed by atoms with Crippen molar-refractivity contribution in [1.82, 2.24) is 0 Å². The van der Waals surface area contributed by atoms with E-state index in [4.69, 9.17) is 4.74 Å². The molecule has 1 rings (SSSR count). The molecule has 0 N–H and O–H groups in total. The quantitative estimate of drug-likeness (QED) is 0.428. The van der Waals surface area contributed by atoms with Crippen molar-refractivity contribution in [3.63, 3.8) is 0 Å². The minimum atomic E-state index is -3.28. The predicted octanol–water partition coefficient (Wildman–Crippen LogP) is -0.250. The Morgan fingerprint density at radius 2 is 2.10 bits per heavy atom. The van der Waals surface area contributed by atoms with Crippen LogP contribution in [0.2, 0.25) is 0 Å². The average Bonchev–Trinajstić information content (AvgIpc) is 2.40. The third kappa shape index (κ3) is 2.64. The number of hydrogen-bond acceptors (Lipinski definition) is 4. The van der Waals surface area contributed by atoms with Crippen molar-refractivity contribution in [1.29, 1.82) is 0 Å². The van der Waals surface area contributed by atoms with Crippen LogP contribution in [0.4, 0.5) is 0 Å². The molecule has 1 aliphatic rings. The van der Waals surface area contributed by atoms with Gasteiger partial charge >= 0.3 is 0 Å². The molecule has 60 valence electrons. The maximum atomic E-state index is 10.4. The molecular formula is C5H10O4S. The molecule has 2 atom stereocenters. The van der Waals surface area contributed by atoms with E-state index in [1.807, 2.05) is 6.92 Å². The van der Waals surface area contributed by atoms with Crippen LogP contribution in [0.3, 0.4) is 0 Å². The molecule has 0 aliphatic carbocycles. The first-order valence-electron chi connectivity index (χ1n) is 2.99. The van der Waals surface area contributed by atoms with E-state index >= 15 is 0 Å². The van der Waals surface area contributed by atoms with Crippen LogP contribution >= 0.6 is 0 Å². The Balaban J connectivity index is 2.18. The van der Waals surface area contributed by atoms with Gasteiger partial charge in [0.2, 0.25) is 0 Å². The highest BCUT2D eigenvalue weighted by molar-refractivity contribution is 7.85. The third-order valence-electron chi connectivity index (χ3n) is 1.28. The van der Waals surface area contributed by atoms with E-state index < -0.39 is 10.1 Å². The maximum absolute atomic E-state index is 10.4. The van der Waals surface area contributed by atoms with Gasteiger partial charge in [0.25, 0.3) is 10.1 Å². The molecule has 0 aromatic rings. The van der Waals surface area contributed by atoms with Gasteiger partial charge in [0.05, 0.1) is 19.0 Å². The molecule has 10 heavy (non-hydrogen) atoms. The van der Waals surface area contributed by atoms with Crippen molar-refractivity contribution < 1.29 is 17.3 Å². The summed E-state index contributed by atoms with van der Waals surface area (Å²) in [5, 5.41) is 0. The van der Waals surface area contributed by atoms with Crippen molar-refractivity contribution in [3.05, 3.63) is 0 Å². The maximum Gasteiger partial charge on any atom is 0.264 e. The Kier molecular flexibility index (Phi) is 1.98. The Hall–Kier alpha value is -0.130. The second-order valence-corrected chi connectivity index (χ2v) is 4.01. The SMILES string of the molecule is CC1OC1COS(C)(=O)=O. The summed E-state index contributed by atoms with van der Waals surface area (Å²) in [6.07, 6.45) is 1.16. The first kappa shape index (κ1) is 7.97. The molecule has 5 heteroatoms. The largest absolute Gasteiger partial charge is 0.367 e. The molecule has 0 radical (unpaired) electrons. The summed E-state index contributed by atoms with van der Waals surface area (Å²) in [7, 11) is -3.28. The van der Waals surface area contributed by atoms with E-state index in [0.717, 1.165) is 6.26 Å². The predicted molar refractivity (Wildman–Crippen MR) is 35.1 cm³/mol. The van der Waals surface area contributed by atoms with Crippen LogP contribution < -0.4 is 0 Å². The molecule has 0 aromatic heterocycles. The summed E-state index contributed by atoms with van der Waals surface area (Å²) >= 11 is 0. The lowest BCUT2D eigenvalue weighted by atomic mass is 10.4. The first-order chi connectivity index (χ1) is 4.49. The summed E-state index contributed by atoms with van der Waals surface area (Å²) in [4.78, 5) is 0. The number of ether oxygens (including phenoxy) is 1. The van der Waals surface area contributed by atoms with Gasteiger partial charge < -0.3 is 4.74 Å². The molecule has 1 heterocycles. The van der Waals surface area contributed by atoms with Gasteiger partial charge in [-0.1, -0.05) is 0 Å². The van der Waals surface area contributed by atoms with Crippen molar-refractivity contribution in [2.75, 3.05) is 12.9 Å².